The number of rotatable bonds is 4. The van der Waals surface area contributed by atoms with Crippen LogP contribution in [0, 0.1) is 0 Å². The van der Waals surface area contributed by atoms with E-state index in [9.17, 15) is 0 Å². The van der Waals surface area contributed by atoms with E-state index in [-0.39, 0.29) is 6.61 Å². The van der Waals surface area contributed by atoms with E-state index in [2.05, 4.69) is 4.98 Å². The Kier molecular flexibility index (Phi) is 3.48. The molecule has 1 aromatic rings. The van der Waals surface area contributed by atoms with Gasteiger partial charge in [0.1, 0.15) is 0 Å². The molecule has 1 heterocycles. The van der Waals surface area contributed by atoms with Crippen molar-refractivity contribution in [2.45, 2.75) is 18.9 Å². The Labute approximate surface area is 69.3 Å². The maximum absolute atomic E-state index is 8.98. The molecule has 0 bridgehead atoms. The van der Waals surface area contributed by atoms with Crippen molar-refractivity contribution in [3.05, 3.63) is 16.6 Å². The Morgan fingerprint density at radius 1 is 1.64 bits per heavy atom. The van der Waals surface area contributed by atoms with E-state index in [0.717, 1.165) is 12.1 Å². The first kappa shape index (κ1) is 8.64. The highest BCUT2D eigenvalue weighted by Crippen LogP contribution is 2.05. The zero-order valence-electron chi connectivity index (χ0n) is 6.10. The average molecular weight is 173 g/mol. The summed E-state index contributed by atoms with van der Waals surface area (Å²) in [5.41, 5.74) is 2.75. The van der Waals surface area contributed by atoms with Gasteiger partial charge in [-0.15, -0.1) is 11.3 Å². The maximum Gasteiger partial charge on any atom is 0.0794 e. The minimum Gasteiger partial charge on any atom is -0.394 e. The molecule has 3 nitrogen and oxygen atoms in total. The van der Waals surface area contributed by atoms with Crippen LogP contribution in [-0.4, -0.2) is 27.9 Å². The Hall–Kier alpha value is -0.450. The molecule has 0 aliphatic heterocycles. The van der Waals surface area contributed by atoms with Crippen LogP contribution in [0.2, 0.25) is 0 Å². The van der Waals surface area contributed by atoms with Gasteiger partial charge in [-0.05, 0) is 12.8 Å². The molecule has 0 amide bonds. The summed E-state index contributed by atoms with van der Waals surface area (Å²) < 4.78 is 0. The van der Waals surface area contributed by atoms with Crippen LogP contribution in [0.3, 0.4) is 0 Å². The zero-order valence-corrected chi connectivity index (χ0v) is 6.92. The SMILES string of the molecule is OCC(O)CCc1cscn1. The molecule has 1 aromatic heterocycles. The second-order valence-corrected chi connectivity index (χ2v) is 3.07. The minimum absolute atomic E-state index is 0.163. The van der Waals surface area contributed by atoms with Gasteiger partial charge in [-0.3, -0.25) is 0 Å². The molecule has 0 aliphatic rings. The normalized spacial score (nSPS) is 13.3. The Balaban J connectivity index is 2.23. The summed E-state index contributed by atoms with van der Waals surface area (Å²) in [5.74, 6) is 0. The van der Waals surface area contributed by atoms with Gasteiger partial charge in [0.05, 0.1) is 23.9 Å². The van der Waals surface area contributed by atoms with Gasteiger partial charge >= 0.3 is 0 Å². The molecule has 0 aliphatic carbocycles. The van der Waals surface area contributed by atoms with Crippen LogP contribution in [0.25, 0.3) is 0 Å². The fourth-order valence-electron chi connectivity index (χ4n) is 0.767. The molecule has 4 heteroatoms. The predicted octanol–water partition coefficient (Wildman–Crippen LogP) is 0.429. The van der Waals surface area contributed by atoms with E-state index in [1.54, 1.807) is 16.8 Å². The molecule has 0 saturated carbocycles. The smallest absolute Gasteiger partial charge is 0.0794 e. The Morgan fingerprint density at radius 3 is 3.00 bits per heavy atom. The quantitative estimate of drug-likeness (QED) is 0.694. The first-order chi connectivity index (χ1) is 5.33. The molecular weight excluding hydrogens is 162 g/mol. The monoisotopic (exact) mass is 173 g/mol. The number of hydrogen-bond donors (Lipinski definition) is 2. The maximum atomic E-state index is 8.98. The zero-order chi connectivity index (χ0) is 8.10. The number of aliphatic hydroxyl groups excluding tert-OH is 2. The van der Waals surface area contributed by atoms with Gasteiger partial charge in [0.2, 0.25) is 0 Å². The number of nitrogens with zero attached hydrogens (tertiary/aromatic N) is 1. The number of thiazole rings is 1. The molecule has 0 spiro atoms. The number of aromatic nitrogens is 1. The van der Waals surface area contributed by atoms with Gasteiger partial charge in [-0.2, -0.15) is 0 Å². The van der Waals surface area contributed by atoms with Crippen LogP contribution >= 0.6 is 11.3 Å². The molecule has 0 radical (unpaired) electrons. The van der Waals surface area contributed by atoms with Crippen molar-refractivity contribution in [3.63, 3.8) is 0 Å². The number of hydrogen-bond acceptors (Lipinski definition) is 4. The molecular formula is C7H11NO2S. The van der Waals surface area contributed by atoms with Crippen molar-refractivity contribution >= 4 is 11.3 Å². The third-order valence-electron chi connectivity index (χ3n) is 1.43. The Morgan fingerprint density at radius 2 is 2.45 bits per heavy atom. The molecule has 0 aromatic carbocycles. The first-order valence-electron chi connectivity index (χ1n) is 3.49. The van der Waals surface area contributed by atoms with E-state index in [1.165, 1.54) is 0 Å². The summed E-state index contributed by atoms with van der Waals surface area (Å²) in [6.07, 6.45) is 0.725. The lowest BCUT2D eigenvalue weighted by Gasteiger charge is -2.03. The van der Waals surface area contributed by atoms with Crippen LogP contribution in [0.1, 0.15) is 12.1 Å². The number of aliphatic hydroxyl groups is 2. The molecule has 2 N–H and O–H groups in total. The summed E-state index contributed by atoms with van der Waals surface area (Å²) in [6.45, 7) is -0.163. The van der Waals surface area contributed by atoms with Gasteiger partial charge in [-0.1, -0.05) is 0 Å². The lowest BCUT2D eigenvalue weighted by atomic mass is 10.2. The lowest BCUT2D eigenvalue weighted by Crippen LogP contribution is -2.12. The minimum atomic E-state index is -0.600. The van der Waals surface area contributed by atoms with Gasteiger partial charge in [0.25, 0.3) is 0 Å². The standard InChI is InChI=1S/C7H11NO2S/c9-3-7(10)2-1-6-4-11-5-8-6/h4-5,7,9-10H,1-3H2. The van der Waals surface area contributed by atoms with Crippen molar-refractivity contribution in [1.29, 1.82) is 0 Å². The fraction of sp³-hybridized carbons (Fsp3) is 0.571. The summed E-state index contributed by atoms with van der Waals surface area (Å²) in [6, 6.07) is 0. The second-order valence-electron chi connectivity index (χ2n) is 2.35. The van der Waals surface area contributed by atoms with Gasteiger partial charge in [0, 0.05) is 5.38 Å². The van der Waals surface area contributed by atoms with Crippen molar-refractivity contribution in [3.8, 4) is 0 Å². The lowest BCUT2D eigenvalue weighted by molar-refractivity contribution is 0.0884. The summed E-state index contributed by atoms with van der Waals surface area (Å²) in [4.78, 5) is 4.05. The van der Waals surface area contributed by atoms with Crippen LogP contribution in [0.5, 0.6) is 0 Å². The Bertz CT molecular complexity index is 188. The van der Waals surface area contributed by atoms with E-state index >= 15 is 0 Å². The highest BCUT2D eigenvalue weighted by Gasteiger charge is 2.02. The third kappa shape index (κ3) is 2.96. The van der Waals surface area contributed by atoms with Gasteiger partial charge in [-0.25, -0.2) is 4.98 Å². The highest BCUT2D eigenvalue weighted by molar-refractivity contribution is 7.07. The fourth-order valence-corrected chi connectivity index (χ4v) is 1.36. The van der Waals surface area contributed by atoms with Crippen molar-refractivity contribution < 1.29 is 10.2 Å². The number of aryl methyl sites for hydroxylation is 1. The topological polar surface area (TPSA) is 53.4 Å². The molecule has 11 heavy (non-hydrogen) atoms. The molecule has 0 fully saturated rings. The molecule has 0 saturated heterocycles. The molecule has 1 atom stereocenters. The predicted molar refractivity (Wildman–Crippen MR) is 43.5 cm³/mol. The summed E-state index contributed by atoms with van der Waals surface area (Å²) >= 11 is 1.54. The van der Waals surface area contributed by atoms with Crippen molar-refractivity contribution in [2.24, 2.45) is 0 Å². The molecule has 1 rings (SSSR count). The summed E-state index contributed by atoms with van der Waals surface area (Å²) in [7, 11) is 0. The summed E-state index contributed by atoms with van der Waals surface area (Å²) in [5, 5.41) is 19.4. The third-order valence-corrected chi connectivity index (χ3v) is 2.06. The highest BCUT2D eigenvalue weighted by atomic mass is 32.1. The van der Waals surface area contributed by atoms with Crippen LogP contribution < -0.4 is 0 Å². The van der Waals surface area contributed by atoms with Crippen molar-refractivity contribution in [1.82, 2.24) is 4.98 Å². The van der Waals surface area contributed by atoms with Gasteiger partial charge < -0.3 is 10.2 Å². The van der Waals surface area contributed by atoms with E-state index in [1.807, 2.05) is 5.38 Å². The van der Waals surface area contributed by atoms with E-state index in [0.29, 0.717) is 6.42 Å². The van der Waals surface area contributed by atoms with Crippen LogP contribution in [0.15, 0.2) is 10.9 Å². The molecule has 1 unspecified atom stereocenters. The average Bonchev–Trinajstić information content (AvgIpc) is 2.52. The first-order valence-corrected chi connectivity index (χ1v) is 4.43. The van der Waals surface area contributed by atoms with Crippen LogP contribution in [0.4, 0.5) is 0 Å². The molecule has 62 valence electrons. The largest absolute Gasteiger partial charge is 0.394 e. The van der Waals surface area contributed by atoms with Crippen LogP contribution in [-0.2, 0) is 6.42 Å². The van der Waals surface area contributed by atoms with E-state index < -0.39 is 6.10 Å². The second kappa shape index (κ2) is 4.43. The van der Waals surface area contributed by atoms with Gasteiger partial charge in [0.15, 0.2) is 0 Å². The van der Waals surface area contributed by atoms with Crippen molar-refractivity contribution in [2.75, 3.05) is 6.61 Å². The van der Waals surface area contributed by atoms with E-state index in [4.69, 9.17) is 10.2 Å².